The first kappa shape index (κ1) is 26.8. The lowest BCUT2D eigenvalue weighted by atomic mass is 10.0. The number of carbonyl (C=O) groups is 2. The van der Waals surface area contributed by atoms with Gasteiger partial charge in [0.15, 0.2) is 15.5 Å². The fraction of sp³-hybridized carbons (Fsp3) is 0.520. The van der Waals surface area contributed by atoms with E-state index >= 15 is 0 Å². The number of hydrogen-bond acceptors (Lipinski definition) is 8. The van der Waals surface area contributed by atoms with Gasteiger partial charge in [0.05, 0.1) is 29.6 Å². The number of carbonyl (C=O) groups excluding carboxylic acids is 2. The molecule has 1 atom stereocenters. The van der Waals surface area contributed by atoms with Crippen molar-refractivity contribution >= 4 is 21.7 Å². The second-order valence-corrected chi connectivity index (χ2v) is 12.9. The maximum absolute atomic E-state index is 13.5. The molecule has 4 rings (SSSR count). The fourth-order valence-corrected chi connectivity index (χ4v) is 7.36. The van der Waals surface area contributed by atoms with Gasteiger partial charge in [-0.2, -0.15) is 10.4 Å². The Labute approximate surface area is 215 Å². The van der Waals surface area contributed by atoms with E-state index < -0.39 is 31.8 Å². The standard InChI is InChI=1S/C25H31N5O6S/c1-24(15-31,16-36-3)37(34,35)25(9-10-25)14-30-11-8-19-20(28-29(2)21(19)23(30)33)22(32)27-13-18-6-4-17(12-26)5-7-18/h4-7,31H,8-11,13-16H2,1-3H3,(H,27,32)/t24-/m0/s1. The van der Waals surface area contributed by atoms with Crippen molar-refractivity contribution in [1.82, 2.24) is 20.0 Å². The summed E-state index contributed by atoms with van der Waals surface area (Å²) in [6, 6.07) is 8.89. The quantitative estimate of drug-likeness (QED) is 0.453. The predicted octanol–water partition coefficient (Wildman–Crippen LogP) is 0.565. The van der Waals surface area contributed by atoms with Gasteiger partial charge >= 0.3 is 0 Å². The second kappa shape index (κ2) is 9.89. The average Bonchev–Trinajstić information content (AvgIpc) is 3.60. The highest BCUT2D eigenvalue weighted by Gasteiger charge is 2.62. The number of ether oxygens (including phenoxy) is 1. The Hall–Kier alpha value is -3.27. The number of benzene rings is 1. The average molecular weight is 530 g/mol. The monoisotopic (exact) mass is 529 g/mol. The molecule has 1 aliphatic heterocycles. The van der Waals surface area contributed by atoms with Crippen LogP contribution in [-0.4, -0.2) is 82.9 Å². The van der Waals surface area contributed by atoms with Crippen molar-refractivity contribution in [2.45, 2.75) is 42.2 Å². The van der Waals surface area contributed by atoms with Crippen LogP contribution in [-0.2, 0) is 34.6 Å². The van der Waals surface area contributed by atoms with Gasteiger partial charge in [-0.3, -0.25) is 14.3 Å². The number of fused-ring (bicyclic) bond motifs is 1. The van der Waals surface area contributed by atoms with Crippen LogP contribution in [0.1, 0.15) is 57.4 Å². The molecule has 2 amide bonds. The molecule has 1 saturated carbocycles. The van der Waals surface area contributed by atoms with Crippen molar-refractivity contribution in [3.05, 3.63) is 52.3 Å². The van der Waals surface area contributed by atoms with Crippen LogP contribution in [0, 0.1) is 11.3 Å². The lowest BCUT2D eigenvalue weighted by Crippen LogP contribution is -2.54. The van der Waals surface area contributed by atoms with Crippen molar-refractivity contribution in [3.63, 3.8) is 0 Å². The summed E-state index contributed by atoms with van der Waals surface area (Å²) >= 11 is 0. The highest BCUT2D eigenvalue weighted by molar-refractivity contribution is 7.94. The predicted molar refractivity (Wildman–Crippen MR) is 133 cm³/mol. The molecule has 0 unspecified atom stereocenters. The van der Waals surface area contributed by atoms with Crippen LogP contribution in [0.25, 0.3) is 0 Å². The third-order valence-corrected chi connectivity index (χ3v) is 10.5. The van der Waals surface area contributed by atoms with E-state index in [1.165, 1.54) is 23.6 Å². The SMILES string of the molecule is COC[C@](C)(CO)S(=O)(=O)C1(CN2CCc3c(C(=O)NCc4ccc(C#N)cc4)nn(C)c3C2=O)CC1. The zero-order valence-electron chi connectivity index (χ0n) is 21.2. The van der Waals surface area contributed by atoms with Gasteiger partial charge in [-0.05, 0) is 43.9 Å². The maximum atomic E-state index is 13.5. The van der Waals surface area contributed by atoms with Gasteiger partial charge in [-0.1, -0.05) is 12.1 Å². The summed E-state index contributed by atoms with van der Waals surface area (Å²) in [4.78, 5) is 27.9. The number of aliphatic hydroxyl groups is 1. The summed E-state index contributed by atoms with van der Waals surface area (Å²) in [5, 5.41) is 25.9. The molecular formula is C25H31N5O6S. The molecular weight excluding hydrogens is 498 g/mol. The number of sulfone groups is 1. The summed E-state index contributed by atoms with van der Waals surface area (Å²) in [7, 11) is -0.857. The maximum Gasteiger partial charge on any atom is 0.272 e. The summed E-state index contributed by atoms with van der Waals surface area (Å²) in [6.07, 6.45) is 1.17. The fourth-order valence-electron chi connectivity index (χ4n) is 4.90. The third-order valence-electron chi connectivity index (χ3n) is 7.31. The van der Waals surface area contributed by atoms with E-state index in [-0.39, 0.29) is 43.5 Å². The van der Waals surface area contributed by atoms with E-state index in [0.29, 0.717) is 30.4 Å². The number of amides is 2. The number of aryl methyl sites for hydroxylation is 1. The van der Waals surface area contributed by atoms with Crippen molar-refractivity contribution < 1.29 is 27.9 Å². The summed E-state index contributed by atoms with van der Waals surface area (Å²) in [6.45, 7) is 1.25. The van der Waals surface area contributed by atoms with Gasteiger partial charge in [0, 0.05) is 39.4 Å². The Morgan fingerprint density at radius 1 is 1.32 bits per heavy atom. The normalized spacial score (nSPS) is 18.0. The van der Waals surface area contributed by atoms with Crippen molar-refractivity contribution in [2.24, 2.45) is 7.05 Å². The van der Waals surface area contributed by atoms with Crippen LogP contribution >= 0.6 is 0 Å². The van der Waals surface area contributed by atoms with Crippen LogP contribution in [0.3, 0.4) is 0 Å². The molecule has 0 saturated heterocycles. The minimum Gasteiger partial charge on any atom is -0.395 e. The Balaban J connectivity index is 1.50. The van der Waals surface area contributed by atoms with Gasteiger partial charge in [-0.15, -0.1) is 0 Å². The smallest absolute Gasteiger partial charge is 0.272 e. The van der Waals surface area contributed by atoms with E-state index in [1.807, 2.05) is 6.07 Å². The highest BCUT2D eigenvalue weighted by atomic mass is 32.2. The van der Waals surface area contributed by atoms with Gasteiger partial charge in [-0.25, -0.2) is 8.42 Å². The van der Waals surface area contributed by atoms with Crippen LogP contribution in [0.5, 0.6) is 0 Å². The molecule has 11 nitrogen and oxygen atoms in total. The topological polar surface area (TPSA) is 155 Å². The molecule has 198 valence electrons. The van der Waals surface area contributed by atoms with E-state index in [4.69, 9.17) is 10.00 Å². The molecule has 12 heteroatoms. The first-order chi connectivity index (χ1) is 17.5. The van der Waals surface area contributed by atoms with E-state index in [0.717, 1.165) is 5.56 Å². The molecule has 37 heavy (non-hydrogen) atoms. The highest BCUT2D eigenvalue weighted by Crippen LogP contribution is 2.49. The number of rotatable bonds is 10. The number of nitrogens with one attached hydrogen (secondary N) is 1. The minimum absolute atomic E-state index is 0.0122. The Morgan fingerprint density at radius 2 is 2.00 bits per heavy atom. The molecule has 0 spiro atoms. The molecule has 1 aromatic carbocycles. The molecule has 2 aliphatic rings. The number of aromatic nitrogens is 2. The van der Waals surface area contributed by atoms with E-state index in [1.54, 1.807) is 31.3 Å². The van der Waals surface area contributed by atoms with Gasteiger partial charge in [0.1, 0.15) is 10.4 Å². The summed E-state index contributed by atoms with van der Waals surface area (Å²) in [5.41, 5.74) is 2.31. The number of nitrogens with zero attached hydrogens (tertiary/aromatic N) is 4. The summed E-state index contributed by atoms with van der Waals surface area (Å²) < 4.78 is 30.9. The van der Waals surface area contributed by atoms with Crippen molar-refractivity contribution in [3.8, 4) is 6.07 Å². The molecule has 2 N–H and O–H groups in total. The number of aliphatic hydroxyl groups excluding tert-OH is 1. The van der Waals surface area contributed by atoms with Crippen LogP contribution < -0.4 is 5.32 Å². The lowest BCUT2D eigenvalue weighted by Gasteiger charge is -2.35. The third kappa shape index (κ3) is 4.63. The Kier molecular flexibility index (Phi) is 7.16. The van der Waals surface area contributed by atoms with Crippen molar-refractivity contribution in [1.29, 1.82) is 5.26 Å². The second-order valence-electron chi connectivity index (χ2n) is 9.99. The Morgan fingerprint density at radius 3 is 2.57 bits per heavy atom. The number of nitriles is 1. The molecule has 1 fully saturated rings. The van der Waals surface area contributed by atoms with Gasteiger partial charge in [0.2, 0.25) is 0 Å². The zero-order valence-corrected chi connectivity index (χ0v) is 22.0. The Bertz CT molecular complexity index is 1360. The van der Waals surface area contributed by atoms with Gasteiger partial charge in [0.25, 0.3) is 11.8 Å². The van der Waals surface area contributed by atoms with Crippen LogP contribution in [0.4, 0.5) is 0 Å². The molecule has 1 aromatic heterocycles. The van der Waals surface area contributed by atoms with Crippen LogP contribution in [0.15, 0.2) is 24.3 Å². The molecule has 2 aromatic rings. The largest absolute Gasteiger partial charge is 0.395 e. The zero-order chi connectivity index (χ0) is 27.0. The molecule has 1 aliphatic carbocycles. The van der Waals surface area contributed by atoms with E-state index in [2.05, 4.69) is 10.4 Å². The van der Waals surface area contributed by atoms with Crippen LogP contribution in [0.2, 0.25) is 0 Å². The summed E-state index contributed by atoms with van der Waals surface area (Å²) in [5.74, 6) is -0.789. The lowest BCUT2D eigenvalue weighted by molar-refractivity contribution is 0.0723. The minimum atomic E-state index is -3.83. The molecule has 0 bridgehead atoms. The molecule has 0 radical (unpaired) electrons. The van der Waals surface area contributed by atoms with E-state index in [9.17, 15) is 23.1 Å². The number of methoxy groups -OCH3 is 1. The van der Waals surface area contributed by atoms with Gasteiger partial charge < -0.3 is 20.1 Å². The number of hydrogen-bond donors (Lipinski definition) is 2. The first-order valence-electron chi connectivity index (χ1n) is 12.0. The first-order valence-corrected chi connectivity index (χ1v) is 13.5. The van der Waals surface area contributed by atoms with Crippen molar-refractivity contribution in [2.75, 3.05) is 33.4 Å². The molecule has 2 heterocycles.